The molecule has 0 atom stereocenters. The highest BCUT2D eigenvalue weighted by Crippen LogP contribution is 2.39. The molecule has 3 rings (SSSR count). The highest BCUT2D eigenvalue weighted by molar-refractivity contribution is 7.82. The van der Waals surface area contributed by atoms with E-state index in [2.05, 4.69) is 38.3 Å². The number of aromatic amines is 1. The van der Waals surface area contributed by atoms with Gasteiger partial charge in [0.05, 0.1) is 6.20 Å². The Labute approximate surface area is 125 Å². The highest BCUT2D eigenvalue weighted by atomic mass is 35.5. The quantitative estimate of drug-likeness (QED) is 0.582. The second-order valence-electron chi connectivity index (χ2n) is 4.42. The van der Waals surface area contributed by atoms with E-state index >= 15 is 0 Å². The Morgan fingerprint density at radius 3 is 3.05 bits per heavy atom. The number of carbonyl (C=O) groups excluding carboxylic acids is 1. The maximum atomic E-state index is 10.6. The minimum Gasteiger partial charge on any atom is -0.322 e. The van der Waals surface area contributed by atoms with E-state index in [9.17, 15) is 4.79 Å². The molecule has 0 aromatic carbocycles. The first-order valence-electron chi connectivity index (χ1n) is 5.95. The fraction of sp³-hybridized carbons (Fsp3) is 0.273. The van der Waals surface area contributed by atoms with Crippen molar-refractivity contribution in [3.05, 3.63) is 23.0 Å². The van der Waals surface area contributed by atoms with Gasteiger partial charge in [0, 0.05) is 17.7 Å². The van der Waals surface area contributed by atoms with Gasteiger partial charge < -0.3 is 5.32 Å². The molecule has 1 aliphatic carbocycles. The Balaban J connectivity index is 1.82. The Hall–Kier alpha value is -1.80. The molecule has 2 heterocycles. The molecular formula is C11H11ClN6OS. The molecule has 2 aromatic heterocycles. The van der Waals surface area contributed by atoms with Crippen LogP contribution in [0.4, 0.5) is 17.6 Å². The summed E-state index contributed by atoms with van der Waals surface area (Å²) < 4.78 is 0.960. The molecule has 1 fully saturated rings. The number of nitrogens with one attached hydrogen (secondary N) is 2. The molecule has 0 unspecified atom stereocenters. The van der Waals surface area contributed by atoms with Gasteiger partial charge in [-0.1, -0.05) is 24.4 Å². The molecule has 1 aliphatic rings. The Bertz CT molecular complexity index is 644. The van der Waals surface area contributed by atoms with Crippen molar-refractivity contribution in [2.75, 3.05) is 9.62 Å². The summed E-state index contributed by atoms with van der Waals surface area (Å²) in [6.07, 6.45) is 4.27. The summed E-state index contributed by atoms with van der Waals surface area (Å²) in [5, 5.41) is 10.4. The lowest BCUT2D eigenvalue weighted by Gasteiger charge is -2.09. The van der Waals surface area contributed by atoms with Crippen molar-refractivity contribution >= 4 is 48.4 Å². The summed E-state index contributed by atoms with van der Waals surface area (Å²) in [6, 6.07) is 1.92. The molecule has 9 heteroatoms. The molecule has 0 radical (unpaired) electrons. The number of nitrogens with zero attached hydrogens (tertiary/aromatic N) is 4. The second-order valence-corrected chi connectivity index (χ2v) is 5.26. The van der Waals surface area contributed by atoms with E-state index in [0.717, 1.165) is 10.00 Å². The Kier molecular flexibility index (Phi) is 3.49. The van der Waals surface area contributed by atoms with E-state index in [4.69, 9.17) is 11.6 Å². The van der Waals surface area contributed by atoms with Gasteiger partial charge in [-0.15, -0.1) is 0 Å². The van der Waals surface area contributed by atoms with Crippen LogP contribution in [0.1, 0.15) is 24.5 Å². The fourth-order valence-electron chi connectivity index (χ4n) is 1.73. The summed E-state index contributed by atoms with van der Waals surface area (Å²) in [4.78, 5) is 18.7. The molecule has 0 spiro atoms. The fourth-order valence-corrected chi connectivity index (χ4v) is 1.96. The number of amides is 1. The zero-order valence-corrected chi connectivity index (χ0v) is 11.9. The third-order valence-corrected chi connectivity index (χ3v) is 3.45. The predicted molar refractivity (Wildman–Crippen MR) is 78.4 cm³/mol. The van der Waals surface area contributed by atoms with E-state index in [1.807, 2.05) is 6.07 Å². The average Bonchev–Trinajstić information content (AvgIpc) is 3.21. The normalized spacial score (nSPS) is 14.1. The van der Waals surface area contributed by atoms with Gasteiger partial charge in [-0.25, -0.2) is 9.29 Å². The summed E-state index contributed by atoms with van der Waals surface area (Å²) in [5.74, 6) is 1.70. The third-order valence-electron chi connectivity index (χ3n) is 2.90. The Morgan fingerprint density at radius 2 is 2.35 bits per heavy atom. The first-order valence-corrected chi connectivity index (χ1v) is 6.73. The summed E-state index contributed by atoms with van der Waals surface area (Å²) >= 11 is 9.93. The highest BCUT2D eigenvalue weighted by Gasteiger charge is 2.25. The number of anilines is 3. The lowest BCUT2D eigenvalue weighted by molar-refractivity contribution is -0.106. The molecule has 7 nitrogen and oxygen atoms in total. The molecule has 0 aliphatic heterocycles. The van der Waals surface area contributed by atoms with Gasteiger partial charge >= 0.3 is 0 Å². The van der Waals surface area contributed by atoms with Gasteiger partial charge in [0.1, 0.15) is 5.02 Å². The van der Waals surface area contributed by atoms with Gasteiger partial charge in [0.25, 0.3) is 0 Å². The Morgan fingerprint density at radius 1 is 1.55 bits per heavy atom. The molecular weight excluding hydrogens is 300 g/mol. The monoisotopic (exact) mass is 310 g/mol. The van der Waals surface area contributed by atoms with Crippen molar-refractivity contribution in [2.24, 2.45) is 0 Å². The molecule has 20 heavy (non-hydrogen) atoms. The molecule has 1 amide bonds. The minimum atomic E-state index is 0.133. The largest absolute Gasteiger partial charge is 0.322 e. The number of carbonyl (C=O) groups is 1. The van der Waals surface area contributed by atoms with Crippen molar-refractivity contribution in [3.8, 4) is 0 Å². The smallest absolute Gasteiger partial charge is 0.244 e. The molecule has 2 N–H and O–H groups in total. The van der Waals surface area contributed by atoms with Gasteiger partial charge in [0.15, 0.2) is 11.6 Å². The average molecular weight is 311 g/mol. The van der Waals surface area contributed by atoms with Gasteiger partial charge in [-0.05, 0) is 12.8 Å². The maximum Gasteiger partial charge on any atom is 0.244 e. The van der Waals surface area contributed by atoms with Gasteiger partial charge in [0.2, 0.25) is 12.4 Å². The molecule has 104 valence electrons. The number of hydrogen-bond donors (Lipinski definition) is 3. The standard InChI is InChI=1S/C11H11ClN6OS/c12-7-4-13-11(18(20)5-19)15-10(7)14-9-3-8(16-17-9)6-1-2-6/h3-6,20H,1-2H2,(H2,13,14,15,16,17). The van der Waals surface area contributed by atoms with Crippen molar-refractivity contribution in [3.63, 3.8) is 0 Å². The third kappa shape index (κ3) is 2.70. The first kappa shape index (κ1) is 13.2. The van der Waals surface area contributed by atoms with Crippen molar-refractivity contribution < 1.29 is 4.79 Å². The van der Waals surface area contributed by atoms with Crippen LogP contribution in [0, 0.1) is 0 Å². The molecule has 0 saturated heterocycles. The predicted octanol–water partition coefficient (Wildman–Crippen LogP) is 2.28. The zero-order chi connectivity index (χ0) is 14.1. The second kappa shape index (κ2) is 5.29. The number of aromatic nitrogens is 4. The lowest BCUT2D eigenvalue weighted by Crippen LogP contribution is -2.11. The molecule has 0 bridgehead atoms. The topological polar surface area (TPSA) is 86.8 Å². The van der Waals surface area contributed by atoms with Crippen molar-refractivity contribution in [2.45, 2.75) is 18.8 Å². The van der Waals surface area contributed by atoms with E-state index in [-0.39, 0.29) is 5.95 Å². The maximum absolute atomic E-state index is 10.6. The lowest BCUT2D eigenvalue weighted by atomic mass is 10.3. The van der Waals surface area contributed by atoms with Crippen LogP contribution in [-0.4, -0.2) is 26.6 Å². The number of halogens is 1. The van der Waals surface area contributed by atoms with Crippen LogP contribution in [0.3, 0.4) is 0 Å². The van der Waals surface area contributed by atoms with Crippen LogP contribution in [-0.2, 0) is 4.79 Å². The van der Waals surface area contributed by atoms with Gasteiger partial charge in [-0.3, -0.25) is 9.89 Å². The zero-order valence-electron chi connectivity index (χ0n) is 10.2. The minimum absolute atomic E-state index is 0.133. The van der Waals surface area contributed by atoms with E-state index in [0.29, 0.717) is 29.0 Å². The van der Waals surface area contributed by atoms with E-state index < -0.39 is 0 Å². The van der Waals surface area contributed by atoms with E-state index in [1.165, 1.54) is 19.0 Å². The first-order chi connectivity index (χ1) is 9.67. The van der Waals surface area contributed by atoms with Crippen LogP contribution in [0.15, 0.2) is 12.3 Å². The van der Waals surface area contributed by atoms with Crippen LogP contribution < -0.4 is 9.62 Å². The van der Waals surface area contributed by atoms with E-state index in [1.54, 1.807) is 0 Å². The van der Waals surface area contributed by atoms with Crippen molar-refractivity contribution in [1.29, 1.82) is 0 Å². The van der Waals surface area contributed by atoms with Crippen LogP contribution in [0.5, 0.6) is 0 Å². The van der Waals surface area contributed by atoms with Crippen LogP contribution in [0.25, 0.3) is 0 Å². The SMILES string of the molecule is O=CN(S)c1ncc(Cl)c(Nc2cc(C3CC3)[nH]n2)n1. The van der Waals surface area contributed by atoms with Gasteiger partial charge in [-0.2, -0.15) is 10.1 Å². The van der Waals surface area contributed by atoms with Crippen LogP contribution in [0.2, 0.25) is 5.02 Å². The number of thiol groups is 1. The summed E-state index contributed by atoms with van der Waals surface area (Å²) in [5.41, 5.74) is 1.10. The number of hydrogen-bond acceptors (Lipinski definition) is 6. The molecule has 2 aromatic rings. The summed E-state index contributed by atoms with van der Waals surface area (Å²) in [6.45, 7) is 0. The molecule has 1 saturated carbocycles. The number of rotatable bonds is 5. The van der Waals surface area contributed by atoms with Crippen LogP contribution >= 0.6 is 24.4 Å². The van der Waals surface area contributed by atoms with Crippen molar-refractivity contribution in [1.82, 2.24) is 20.2 Å². The number of H-pyrrole nitrogens is 1. The summed E-state index contributed by atoms with van der Waals surface area (Å²) in [7, 11) is 0.